The molecule has 4 rings (SSSR count). The van der Waals surface area contributed by atoms with Crippen LogP contribution >= 0.6 is 22.7 Å². The molecule has 4 nitrogen and oxygen atoms in total. The number of piperidine rings is 1. The molecule has 3 heterocycles. The molecule has 0 unspecified atom stereocenters. The van der Waals surface area contributed by atoms with Crippen LogP contribution in [-0.2, 0) is 11.2 Å². The summed E-state index contributed by atoms with van der Waals surface area (Å²) in [7, 11) is 0. The molecule has 0 saturated carbocycles. The van der Waals surface area contributed by atoms with Crippen LogP contribution in [0.4, 0.5) is 0 Å². The van der Waals surface area contributed by atoms with Crippen molar-refractivity contribution in [2.45, 2.75) is 31.6 Å². The fraction of sp³-hybridized carbons (Fsp3) is 0.350. The molecule has 1 aromatic carbocycles. The molecule has 0 aliphatic carbocycles. The molecule has 0 spiro atoms. The number of nitrogens with zero attached hydrogens (tertiary/aromatic N) is 3. The number of likely N-dealkylation sites (tertiary alicyclic amines) is 1. The highest BCUT2D eigenvalue weighted by molar-refractivity contribution is 7.10. The van der Waals surface area contributed by atoms with Gasteiger partial charge in [0.25, 0.3) is 0 Å². The van der Waals surface area contributed by atoms with Crippen LogP contribution in [0.2, 0.25) is 0 Å². The fourth-order valence-electron chi connectivity index (χ4n) is 3.35. The van der Waals surface area contributed by atoms with E-state index in [1.807, 2.05) is 34.7 Å². The van der Waals surface area contributed by atoms with Crippen LogP contribution in [0.15, 0.2) is 47.3 Å². The second-order valence-electron chi connectivity index (χ2n) is 6.52. The molecule has 6 heteroatoms. The molecule has 1 amide bonds. The number of hydrogen-bond donors (Lipinski definition) is 0. The van der Waals surface area contributed by atoms with Gasteiger partial charge in [0, 0.05) is 54.4 Å². The summed E-state index contributed by atoms with van der Waals surface area (Å²) in [5.74, 6) is 0.769. The normalized spacial score (nSPS) is 15.3. The zero-order valence-corrected chi connectivity index (χ0v) is 16.1. The minimum absolute atomic E-state index is 0.249. The van der Waals surface area contributed by atoms with Crippen molar-refractivity contribution in [1.29, 1.82) is 0 Å². The van der Waals surface area contributed by atoms with Gasteiger partial charge in [0.2, 0.25) is 5.91 Å². The van der Waals surface area contributed by atoms with Gasteiger partial charge in [-0.3, -0.25) is 4.79 Å². The Bertz CT molecular complexity index is 837. The first kappa shape index (κ1) is 17.4. The minimum atomic E-state index is 0.249. The summed E-state index contributed by atoms with van der Waals surface area (Å²) >= 11 is 3.37. The molecule has 0 radical (unpaired) electrons. The van der Waals surface area contributed by atoms with Crippen molar-refractivity contribution in [3.8, 4) is 11.3 Å². The largest absolute Gasteiger partial charge is 0.343 e. The third kappa shape index (κ3) is 4.02. The summed E-state index contributed by atoms with van der Waals surface area (Å²) in [6.07, 6.45) is 5.19. The molecule has 1 fully saturated rings. The van der Waals surface area contributed by atoms with Crippen molar-refractivity contribution in [3.05, 3.63) is 57.3 Å². The second-order valence-corrected chi connectivity index (χ2v) is 8.39. The highest BCUT2D eigenvalue weighted by Gasteiger charge is 2.25. The highest BCUT2D eigenvalue weighted by Crippen LogP contribution is 2.29. The van der Waals surface area contributed by atoms with Gasteiger partial charge in [-0.15, -0.1) is 22.7 Å². The van der Waals surface area contributed by atoms with Crippen molar-refractivity contribution >= 4 is 28.6 Å². The molecule has 0 N–H and O–H groups in total. The van der Waals surface area contributed by atoms with Crippen LogP contribution in [0.25, 0.3) is 11.3 Å². The second kappa shape index (κ2) is 8.10. The van der Waals surface area contributed by atoms with E-state index in [-0.39, 0.29) is 5.91 Å². The maximum absolute atomic E-state index is 12.5. The number of amides is 1. The number of aryl methyl sites for hydroxylation is 1. The van der Waals surface area contributed by atoms with Crippen LogP contribution in [0.3, 0.4) is 0 Å². The standard InChI is InChI=1S/C20H21N3OS2/c24-19(23-11-8-16(9-12-23)20-21-10-13-25-20)7-6-18-22-17(14-26-18)15-4-2-1-3-5-15/h1-5,10,13-14,16H,6-9,11-12H2. The molecule has 1 saturated heterocycles. The monoisotopic (exact) mass is 383 g/mol. The Hall–Kier alpha value is -2.05. The predicted octanol–water partition coefficient (Wildman–Crippen LogP) is 4.61. The van der Waals surface area contributed by atoms with Crippen molar-refractivity contribution in [2.75, 3.05) is 13.1 Å². The Morgan fingerprint density at radius 3 is 2.69 bits per heavy atom. The Morgan fingerprint density at radius 2 is 1.96 bits per heavy atom. The van der Waals surface area contributed by atoms with Crippen LogP contribution in [0.5, 0.6) is 0 Å². The zero-order chi connectivity index (χ0) is 17.8. The Balaban J connectivity index is 1.28. The average Bonchev–Trinajstić information content (AvgIpc) is 3.39. The molecule has 0 bridgehead atoms. The van der Waals surface area contributed by atoms with E-state index in [1.54, 1.807) is 22.7 Å². The molecular weight excluding hydrogens is 362 g/mol. The summed E-state index contributed by atoms with van der Waals surface area (Å²) in [5, 5.41) is 6.36. The summed E-state index contributed by atoms with van der Waals surface area (Å²) in [5.41, 5.74) is 2.13. The topological polar surface area (TPSA) is 46.1 Å². The first-order chi connectivity index (χ1) is 12.8. The summed E-state index contributed by atoms with van der Waals surface area (Å²) in [4.78, 5) is 23.6. The van der Waals surface area contributed by atoms with E-state index in [2.05, 4.69) is 27.5 Å². The lowest BCUT2D eigenvalue weighted by molar-refractivity contribution is -0.132. The number of benzene rings is 1. The lowest BCUT2D eigenvalue weighted by atomic mass is 9.97. The van der Waals surface area contributed by atoms with E-state index in [0.717, 1.165) is 48.6 Å². The maximum Gasteiger partial charge on any atom is 0.222 e. The van der Waals surface area contributed by atoms with Gasteiger partial charge in [-0.1, -0.05) is 30.3 Å². The molecule has 134 valence electrons. The van der Waals surface area contributed by atoms with Crippen LogP contribution in [0, 0.1) is 0 Å². The number of rotatable bonds is 5. The Labute approximate surface area is 161 Å². The maximum atomic E-state index is 12.5. The molecule has 26 heavy (non-hydrogen) atoms. The first-order valence-corrected chi connectivity index (χ1v) is 10.7. The van der Waals surface area contributed by atoms with E-state index in [1.165, 1.54) is 5.01 Å². The summed E-state index contributed by atoms with van der Waals surface area (Å²) in [6.45, 7) is 1.69. The third-order valence-electron chi connectivity index (χ3n) is 4.82. The third-order valence-corrected chi connectivity index (χ3v) is 6.67. The summed E-state index contributed by atoms with van der Waals surface area (Å²) in [6, 6.07) is 10.2. The molecule has 1 aliphatic heterocycles. The molecule has 3 aromatic rings. The zero-order valence-electron chi connectivity index (χ0n) is 14.5. The predicted molar refractivity (Wildman–Crippen MR) is 107 cm³/mol. The van der Waals surface area contributed by atoms with Crippen molar-refractivity contribution in [3.63, 3.8) is 0 Å². The SMILES string of the molecule is O=C(CCc1nc(-c2ccccc2)cs1)N1CCC(c2nccs2)CC1. The molecule has 0 atom stereocenters. The van der Waals surface area contributed by atoms with Gasteiger partial charge in [0.05, 0.1) is 15.7 Å². The van der Waals surface area contributed by atoms with Crippen molar-refractivity contribution in [2.24, 2.45) is 0 Å². The lowest BCUT2D eigenvalue weighted by Crippen LogP contribution is -2.38. The van der Waals surface area contributed by atoms with E-state index in [9.17, 15) is 4.79 Å². The van der Waals surface area contributed by atoms with Crippen LogP contribution < -0.4 is 0 Å². The van der Waals surface area contributed by atoms with Gasteiger partial charge in [0.15, 0.2) is 0 Å². The van der Waals surface area contributed by atoms with Crippen LogP contribution in [0.1, 0.15) is 35.2 Å². The number of carbonyl (C=O) groups excluding carboxylic acids is 1. The van der Waals surface area contributed by atoms with Gasteiger partial charge in [-0.2, -0.15) is 0 Å². The van der Waals surface area contributed by atoms with Crippen molar-refractivity contribution < 1.29 is 4.79 Å². The minimum Gasteiger partial charge on any atom is -0.343 e. The molecule has 1 aliphatic rings. The number of hydrogen-bond acceptors (Lipinski definition) is 5. The lowest BCUT2D eigenvalue weighted by Gasteiger charge is -2.31. The summed E-state index contributed by atoms with van der Waals surface area (Å²) < 4.78 is 0. The van der Waals surface area contributed by atoms with Crippen molar-refractivity contribution in [1.82, 2.24) is 14.9 Å². The smallest absolute Gasteiger partial charge is 0.222 e. The van der Waals surface area contributed by atoms with E-state index in [4.69, 9.17) is 0 Å². The quantitative estimate of drug-likeness (QED) is 0.646. The van der Waals surface area contributed by atoms with Crippen LogP contribution in [-0.4, -0.2) is 33.9 Å². The fourth-order valence-corrected chi connectivity index (χ4v) is 4.97. The van der Waals surface area contributed by atoms with Gasteiger partial charge in [0.1, 0.15) is 0 Å². The number of carbonyl (C=O) groups is 1. The van der Waals surface area contributed by atoms with E-state index < -0.39 is 0 Å². The average molecular weight is 384 g/mol. The molecular formula is C20H21N3OS2. The Kier molecular flexibility index (Phi) is 5.41. The highest BCUT2D eigenvalue weighted by atomic mass is 32.1. The van der Waals surface area contributed by atoms with Gasteiger partial charge in [-0.25, -0.2) is 9.97 Å². The Morgan fingerprint density at radius 1 is 1.15 bits per heavy atom. The van der Waals surface area contributed by atoms with Gasteiger partial charge in [-0.05, 0) is 12.8 Å². The number of aromatic nitrogens is 2. The number of thiazole rings is 2. The molecule has 2 aromatic heterocycles. The van der Waals surface area contributed by atoms with Gasteiger partial charge >= 0.3 is 0 Å². The van der Waals surface area contributed by atoms with Gasteiger partial charge < -0.3 is 4.90 Å². The first-order valence-electron chi connectivity index (χ1n) is 8.96. The van der Waals surface area contributed by atoms with E-state index in [0.29, 0.717) is 12.3 Å². The van der Waals surface area contributed by atoms with E-state index >= 15 is 0 Å².